The molecule has 2 nitrogen and oxygen atoms in total. The SMILES string of the molecule is [C-]#[N+]c1cc(Br)cnc1Br. The molecule has 0 saturated heterocycles. The first-order chi connectivity index (χ1) is 4.74. The molecule has 0 aromatic carbocycles. The van der Waals surface area contributed by atoms with Gasteiger partial charge in [-0.2, -0.15) is 0 Å². The van der Waals surface area contributed by atoms with Gasteiger partial charge in [-0.25, -0.2) is 4.85 Å². The van der Waals surface area contributed by atoms with Crippen molar-refractivity contribution in [1.82, 2.24) is 4.98 Å². The van der Waals surface area contributed by atoms with E-state index in [1.165, 1.54) is 0 Å². The van der Waals surface area contributed by atoms with Crippen LogP contribution in [0.3, 0.4) is 0 Å². The molecule has 1 aromatic heterocycles. The fourth-order valence-electron chi connectivity index (χ4n) is 0.490. The second-order valence-corrected chi connectivity index (χ2v) is 3.24. The molecule has 1 aromatic rings. The van der Waals surface area contributed by atoms with E-state index in [0.717, 1.165) is 4.47 Å². The molecule has 1 rings (SSSR count). The van der Waals surface area contributed by atoms with Gasteiger partial charge in [-0.1, -0.05) is 15.9 Å². The van der Waals surface area contributed by atoms with Crippen LogP contribution in [-0.2, 0) is 0 Å². The molecule has 10 heavy (non-hydrogen) atoms. The fourth-order valence-corrected chi connectivity index (χ4v) is 1.12. The molecule has 0 aliphatic carbocycles. The highest BCUT2D eigenvalue weighted by Gasteiger charge is 1.98. The summed E-state index contributed by atoms with van der Waals surface area (Å²) in [4.78, 5) is 7.15. The minimum atomic E-state index is 0.523. The Kier molecular flexibility index (Phi) is 2.41. The van der Waals surface area contributed by atoms with Gasteiger partial charge in [-0.05, 0) is 22.0 Å². The Labute approximate surface area is 75.4 Å². The maximum Gasteiger partial charge on any atom is 0.220 e. The zero-order valence-electron chi connectivity index (χ0n) is 4.81. The molecule has 4 heteroatoms. The van der Waals surface area contributed by atoms with Gasteiger partial charge in [0.15, 0.2) is 0 Å². The zero-order chi connectivity index (χ0) is 7.56. The maximum atomic E-state index is 6.72. The lowest BCUT2D eigenvalue weighted by molar-refractivity contribution is 1.27. The van der Waals surface area contributed by atoms with Crippen LogP contribution in [0.5, 0.6) is 0 Å². The van der Waals surface area contributed by atoms with E-state index in [9.17, 15) is 0 Å². The van der Waals surface area contributed by atoms with Crippen LogP contribution in [0.4, 0.5) is 5.69 Å². The van der Waals surface area contributed by atoms with E-state index in [-0.39, 0.29) is 0 Å². The average molecular weight is 262 g/mol. The molecule has 0 aliphatic rings. The van der Waals surface area contributed by atoms with Crippen molar-refractivity contribution in [3.05, 3.63) is 32.8 Å². The Balaban J connectivity index is 3.25. The molecule has 0 bridgehead atoms. The Morgan fingerprint density at radius 2 is 2.20 bits per heavy atom. The number of nitrogens with zero attached hydrogens (tertiary/aromatic N) is 2. The van der Waals surface area contributed by atoms with Gasteiger partial charge in [0.25, 0.3) is 0 Å². The van der Waals surface area contributed by atoms with Crippen molar-refractivity contribution in [3.8, 4) is 0 Å². The maximum absolute atomic E-state index is 6.72. The standard InChI is InChI=1S/C6H2Br2N2/c1-9-5-2-4(7)3-10-6(5)8/h2-3H. The van der Waals surface area contributed by atoms with E-state index in [1.807, 2.05) is 0 Å². The third-order valence-corrected chi connectivity index (χ3v) is 1.95. The van der Waals surface area contributed by atoms with Crippen molar-refractivity contribution in [3.63, 3.8) is 0 Å². The van der Waals surface area contributed by atoms with Crippen molar-refractivity contribution >= 4 is 37.5 Å². The quantitative estimate of drug-likeness (QED) is 0.518. The van der Waals surface area contributed by atoms with Gasteiger partial charge in [-0.3, -0.25) is 4.98 Å². The molecule has 1 heterocycles. The summed E-state index contributed by atoms with van der Waals surface area (Å²) in [5, 5.41) is 0. The third-order valence-electron chi connectivity index (χ3n) is 0.908. The summed E-state index contributed by atoms with van der Waals surface area (Å²) in [7, 11) is 0. The van der Waals surface area contributed by atoms with Crippen LogP contribution >= 0.6 is 31.9 Å². The molecule has 0 atom stereocenters. The number of halogens is 2. The van der Waals surface area contributed by atoms with Crippen molar-refractivity contribution in [1.29, 1.82) is 0 Å². The Bertz CT molecular complexity index is 290. The first kappa shape index (κ1) is 7.70. The molecule has 0 aliphatic heterocycles. The van der Waals surface area contributed by atoms with Gasteiger partial charge in [-0.15, -0.1) is 0 Å². The van der Waals surface area contributed by atoms with Crippen LogP contribution in [0, 0.1) is 6.57 Å². The minimum absolute atomic E-state index is 0.523. The predicted octanol–water partition coefficient (Wildman–Crippen LogP) is 3.16. The highest BCUT2D eigenvalue weighted by atomic mass is 79.9. The van der Waals surface area contributed by atoms with E-state index in [0.29, 0.717) is 10.3 Å². The zero-order valence-corrected chi connectivity index (χ0v) is 7.98. The summed E-state index contributed by atoms with van der Waals surface area (Å²) >= 11 is 6.36. The lowest BCUT2D eigenvalue weighted by Gasteiger charge is -1.92. The highest BCUT2D eigenvalue weighted by molar-refractivity contribution is 9.11. The van der Waals surface area contributed by atoms with E-state index in [2.05, 4.69) is 41.7 Å². The third kappa shape index (κ3) is 1.55. The summed E-state index contributed by atoms with van der Waals surface area (Å²) in [6.45, 7) is 6.72. The first-order valence-electron chi connectivity index (χ1n) is 2.42. The molecule has 50 valence electrons. The largest absolute Gasteiger partial charge is 0.260 e. The second-order valence-electron chi connectivity index (χ2n) is 1.58. The van der Waals surface area contributed by atoms with Crippen LogP contribution in [0.1, 0.15) is 0 Å². The minimum Gasteiger partial charge on any atom is -0.260 e. The van der Waals surface area contributed by atoms with E-state index < -0.39 is 0 Å². The molecule has 0 fully saturated rings. The lowest BCUT2D eigenvalue weighted by atomic mass is 10.4. The number of aromatic nitrogens is 1. The summed E-state index contributed by atoms with van der Waals surface area (Å²) in [6, 6.07) is 1.71. The molecule has 0 spiro atoms. The Morgan fingerprint density at radius 3 is 2.70 bits per heavy atom. The van der Waals surface area contributed by atoms with Crippen LogP contribution in [0.15, 0.2) is 21.3 Å². The molecule has 0 N–H and O–H groups in total. The Morgan fingerprint density at radius 1 is 1.50 bits per heavy atom. The van der Waals surface area contributed by atoms with Gasteiger partial charge in [0.1, 0.15) is 4.60 Å². The number of hydrogen-bond acceptors (Lipinski definition) is 1. The van der Waals surface area contributed by atoms with Crippen LogP contribution in [0.2, 0.25) is 0 Å². The van der Waals surface area contributed by atoms with Crippen LogP contribution in [-0.4, -0.2) is 4.98 Å². The van der Waals surface area contributed by atoms with E-state index in [1.54, 1.807) is 12.3 Å². The molecular formula is C6H2Br2N2. The smallest absolute Gasteiger partial charge is 0.220 e. The lowest BCUT2D eigenvalue weighted by Crippen LogP contribution is -1.73. The predicted molar refractivity (Wildman–Crippen MR) is 45.9 cm³/mol. The molecule has 0 amide bonds. The average Bonchev–Trinajstić information content (AvgIpc) is 1.94. The fraction of sp³-hybridized carbons (Fsp3) is 0. The summed E-state index contributed by atoms with van der Waals surface area (Å²) < 4.78 is 1.41. The van der Waals surface area contributed by atoms with E-state index >= 15 is 0 Å². The van der Waals surface area contributed by atoms with Crippen LogP contribution in [0.25, 0.3) is 4.85 Å². The molecule has 0 radical (unpaired) electrons. The topological polar surface area (TPSA) is 17.2 Å². The van der Waals surface area contributed by atoms with Crippen molar-refractivity contribution in [2.45, 2.75) is 0 Å². The Hall–Kier alpha value is -0.400. The second kappa shape index (κ2) is 3.13. The summed E-state index contributed by atoms with van der Waals surface area (Å²) in [5.74, 6) is 0. The number of hydrogen-bond donors (Lipinski definition) is 0. The van der Waals surface area contributed by atoms with Gasteiger partial charge in [0.05, 0.1) is 6.57 Å². The number of rotatable bonds is 0. The normalized spacial score (nSPS) is 8.90. The monoisotopic (exact) mass is 260 g/mol. The number of pyridine rings is 1. The van der Waals surface area contributed by atoms with Crippen LogP contribution < -0.4 is 0 Å². The molecule has 0 unspecified atom stereocenters. The molecular weight excluding hydrogens is 260 g/mol. The first-order valence-corrected chi connectivity index (χ1v) is 4.01. The van der Waals surface area contributed by atoms with Crippen molar-refractivity contribution in [2.24, 2.45) is 0 Å². The van der Waals surface area contributed by atoms with Crippen molar-refractivity contribution < 1.29 is 0 Å². The molecule has 0 saturated carbocycles. The van der Waals surface area contributed by atoms with Gasteiger partial charge >= 0.3 is 0 Å². The van der Waals surface area contributed by atoms with Gasteiger partial charge in [0, 0.05) is 10.7 Å². The van der Waals surface area contributed by atoms with E-state index in [4.69, 9.17) is 6.57 Å². The van der Waals surface area contributed by atoms with Gasteiger partial charge in [0.2, 0.25) is 5.69 Å². The summed E-state index contributed by atoms with van der Waals surface area (Å²) in [6.07, 6.45) is 1.64. The van der Waals surface area contributed by atoms with Crippen molar-refractivity contribution in [2.75, 3.05) is 0 Å². The van der Waals surface area contributed by atoms with Gasteiger partial charge < -0.3 is 0 Å². The highest BCUT2D eigenvalue weighted by Crippen LogP contribution is 2.25. The summed E-state index contributed by atoms with van der Waals surface area (Å²) in [5.41, 5.74) is 0.523.